The first-order valence-electron chi connectivity index (χ1n) is 14.2. The lowest BCUT2D eigenvalue weighted by Gasteiger charge is -2.28. The molecule has 1 aliphatic rings. The van der Waals surface area contributed by atoms with Gasteiger partial charge in [-0.15, -0.1) is 0 Å². The van der Waals surface area contributed by atoms with Crippen LogP contribution < -0.4 is 4.74 Å². The second-order valence-corrected chi connectivity index (χ2v) is 11.7. The molecule has 0 bridgehead atoms. The molecule has 10 heteroatoms. The minimum atomic E-state index is -1.02. The first-order chi connectivity index (χ1) is 21.1. The van der Waals surface area contributed by atoms with Crippen molar-refractivity contribution in [2.75, 3.05) is 13.2 Å². The fraction of sp³-hybridized carbons (Fsp3) is 0.265. The molecule has 3 heterocycles. The second kappa shape index (κ2) is 11.5. The van der Waals surface area contributed by atoms with E-state index >= 15 is 4.39 Å². The van der Waals surface area contributed by atoms with E-state index in [-0.39, 0.29) is 36.1 Å². The van der Waals surface area contributed by atoms with E-state index in [0.29, 0.717) is 52.5 Å². The van der Waals surface area contributed by atoms with E-state index < -0.39 is 11.8 Å². The van der Waals surface area contributed by atoms with E-state index in [4.69, 9.17) is 19.7 Å². The van der Waals surface area contributed by atoms with Crippen LogP contribution in [0.15, 0.2) is 66.9 Å². The molecule has 1 atom stereocenters. The fourth-order valence-corrected chi connectivity index (χ4v) is 5.63. The Morgan fingerprint density at radius 1 is 1.16 bits per heavy atom. The normalized spacial score (nSPS) is 15.8. The van der Waals surface area contributed by atoms with Gasteiger partial charge in [-0.1, -0.05) is 32.0 Å². The SMILES string of the molecule is Cc1cc(Cc2nc3ccc(C(=O)O)cc3n2C2COCC2(C)C)c(F)cc1-c1ccnc(OCc2ccc(C#N)cc2)n1. The molecule has 6 rings (SSSR count). The van der Waals surface area contributed by atoms with E-state index in [0.717, 1.165) is 11.1 Å². The van der Waals surface area contributed by atoms with Crippen LogP contribution in [0.1, 0.15) is 58.3 Å². The first-order valence-corrected chi connectivity index (χ1v) is 14.2. The lowest BCUT2D eigenvalue weighted by Crippen LogP contribution is -2.27. The smallest absolute Gasteiger partial charge is 0.335 e. The summed E-state index contributed by atoms with van der Waals surface area (Å²) in [5, 5.41) is 18.6. The summed E-state index contributed by atoms with van der Waals surface area (Å²) in [5.74, 6) is -0.790. The summed E-state index contributed by atoms with van der Waals surface area (Å²) in [4.78, 5) is 25.3. The van der Waals surface area contributed by atoms with Crippen LogP contribution in [0.4, 0.5) is 4.39 Å². The third-order valence-corrected chi connectivity index (χ3v) is 8.08. The molecule has 44 heavy (non-hydrogen) atoms. The number of carbonyl (C=O) groups is 1. The lowest BCUT2D eigenvalue weighted by molar-refractivity contribution is 0.0697. The molecule has 0 aliphatic carbocycles. The van der Waals surface area contributed by atoms with Crippen molar-refractivity contribution in [3.05, 3.63) is 106 Å². The number of ether oxygens (including phenoxy) is 2. The van der Waals surface area contributed by atoms with E-state index in [1.807, 2.05) is 11.5 Å². The Bertz CT molecular complexity index is 1930. The number of nitrogens with zero attached hydrogens (tertiary/aromatic N) is 5. The van der Waals surface area contributed by atoms with Gasteiger partial charge in [0, 0.05) is 23.6 Å². The molecule has 1 saturated heterocycles. The predicted molar refractivity (Wildman–Crippen MR) is 161 cm³/mol. The topological polar surface area (TPSA) is 123 Å². The number of carboxylic acids is 1. The summed E-state index contributed by atoms with van der Waals surface area (Å²) in [5.41, 5.74) is 5.12. The highest BCUT2D eigenvalue weighted by Crippen LogP contribution is 2.40. The summed E-state index contributed by atoms with van der Waals surface area (Å²) in [7, 11) is 0. The molecule has 9 nitrogen and oxygen atoms in total. The summed E-state index contributed by atoms with van der Waals surface area (Å²) in [6, 6.07) is 19.0. The summed E-state index contributed by atoms with van der Waals surface area (Å²) < 4.78 is 29.4. The van der Waals surface area contributed by atoms with Crippen LogP contribution in [0.25, 0.3) is 22.3 Å². The van der Waals surface area contributed by atoms with Crippen LogP contribution >= 0.6 is 0 Å². The van der Waals surface area contributed by atoms with Gasteiger partial charge in [-0.25, -0.2) is 19.2 Å². The molecule has 1 aliphatic heterocycles. The number of aryl methyl sites for hydroxylation is 1. The summed E-state index contributed by atoms with van der Waals surface area (Å²) in [6.07, 6.45) is 1.78. The Morgan fingerprint density at radius 2 is 1.95 bits per heavy atom. The van der Waals surface area contributed by atoms with Gasteiger partial charge in [-0.05, 0) is 66.1 Å². The maximum atomic E-state index is 15.8. The Kier molecular flexibility index (Phi) is 7.57. The van der Waals surface area contributed by atoms with Crippen LogP contribution in [-0.2, 0) is 17.8 Å². The Balaban J connectivity index is 1.30. The molecule has 0 spiro atoms. The van der Waals surface area contributed by atoms with Gasteiger partial charge in [0.05, 0.1) is 53.2 Å². The van der Waals surface area contributed by atoms with Crippen molar-refractivity contribution in [3.8, 4) is 23.3 Å². The molecule has 1 fully saturated rings. The molecule has 0 amide bonds. The maximum absolute atomic E-state index is 15.8. The van der Waals surface area contributed by atoms with Gasteiger partial charge in [-0.2, -0.15) is 10.2 Å². The quantitative estimate of drug-likeness (QED) is 0.224. The van der Waals surface area contributed by atoms with Crippen LogP contribution in [0, 0.1) is 29.5 Å². The lowest BCUT2D eigenvalue weighted by atomic mass is 9.87. The highest BCUT2D eigenvalue weighted by atomic mass is 19.1. The van der Waals surface area contributed by atoms with Crippen molar-refractivity contribution < 1.29 is 23.8 Å². The van der Waals surface area contributed by atoms with Crippen molar-refractivity contribution >= 4 is 17.0 Å². The zero-order chi connectivity index (χ0) is 31.0. The summed E-state index contributed by atoms with van der Waals surface area (Å²) in [6.45, 7) is 7.32. The highest BCUT2D eigenvalue weighted by Gasteiger charge is 2.39. The van der Waals surface area contributed by atoms with Gasteiger partial charge < -0.3 is 19.1 Å². The van der Waals surface area contributed by atoms with Crippen molar-refractivity contribution in [3.63, 3.8) is 0 Å². The highest BCUT2D eigenvalue weighted by molar-refractivity contribution is 5.92. The van der Waals surface area contributed by atoms with Crippen LogP contribution in [0.3, 0.4) is 0 Å². The number of aromatic nitrogens is 4. The van der Waals surface area contributed by atoms with E-state index in [1.165, 1.54) is 12.1 Å². The number of aromatic carboxylic acids is 1. The number of nitriles is 1. The number of benzene rings is 3. The van der Waals surface area contributed by atoms with Crippen LogP contribution in [-0.4, -0.2) is 43.8 Å². The van der Waals surface area contributed by atoms with Crippen molar-refractivity contribution in [1.82, 2.24) is 19.5 Å². The molecule has 1 N–H and O–H groups in total. The average molecular weight is 592 g/mol. The summed E-state index contributed by atoms with van der Waals surface area (Å²) >= 11 is 0. The second-order valence-electron chi connectivity index (χ2n) is 11.7. The zero-order valence-electron chi connectivity index (χ0n) is 24.5. The van der Waals surface area contributed by atoms with E-state index in [1.54, 1.807) is 54.7 Å². The number of hydrogen-bond acceptors (Lipinski definition) is 7. The Labute approximate surface area is 253 Å². The minimum absolute atomic E-state index is 0.0984. The largest absolute Gasteiger partial charge is 0.478 e. The molecular weight excluding hydrogens is 561 g/mol. The Morgan fingerprint density at radius 3 is 2.66 bits per heavy atom. The van der Waals surface area contributed by atoms with Gasteiger partial charge >= 0.3 is 12.0 Å². The third kappa shape index (κ3) is 5.62. The molecule has 2 aromatic heterocycles. The number of rotatable bonds is 8. The van der Waals surface area contributed by atoms with Crippen molar-refractivity contribution in [2.45, 2.75) is 39.8 Å². The maximum Gasteiger partial charge on any atom is 0.335 e. The number of imidazole rings is 1. The van der Waals surface area contributed by atoms with Crippen LogP contribution in [0.2, 0.25) is 0 Å². The fourth-order valence-electron chi connectivity index (χ4n) is 5.63. The molecule has 222 valence electrons. The molecule has 0 saturated carbocycles. The van der Waals surface area contributed by atoms with Crippen LogP contribution in [0.5, 0.6) is 6.01 Å². The number of halogens is 1. The third-order valence-electron chi connectivity index (χ3n) is 8.08. The molecule has 0 radical (unpaired) electrons. The monoisotopic (exact) mass is 591 g/mol. The standard InChI is InChI=1S/C34H30FN5O4/c1-20-12-24(14-31-38-28-9-8-23(32(41)42)13-29(28)40(31)30-18-43-19-34(30,2)3)26(35)15-25(20)27-10-11-37-33(39-27)44-17-22-6-4-21(16-36)5-7-22/h4-13,15,30H,14,17-19H2,1-3H3,(H,41,42). The first kappa shape index (κ1) is 29.0. The van der Waals surface area contributed by atoms with Gasteiger partial charge in [0.15, 0.2) is 0 Å². The Hall–Kier alpha value is -5.14. The van der Waals surface area contributed by atoms with Gasteiger partial charge in [-0.3, -0.25) is 0 Å². The average Bonchev–Trinajstić information content (AvgIpc) is 3.55. The van der Waals surface area contributed by atoms with Gasteiger partial charge in [0.2, 0.25) is 0 Å². The molecular formula is C34H30FN5O4. The molecule has 1 unspecified atom stereocenters. The minimum Gasteiger partial charge on any atom is -0.478 e. The molecule has 3 aromatic carbocycles. The van der Waals surface area contributed by atoms with E-state index in [2.05, 4.69) is 29.9 Å². The zero-order valence-corrected chi connectivity index (χ0v) is 24.5. The predicted octanol–water partition coefficient (Wildman–Crippen LogP) is 6.28. The molecule has 5 aromatic rings. The van der Waals surface area contributed by atoms with Crippen molar-refractivity contribution in [1.29, 1.82) is 5.26 Å². The number of hydrogen-bond donors (Lipinski definition) is 1. The van der Waals surface area contributed by atoms with Gasteiger partial charge in [0.25, 0.3) is 0 Å². The van der Waals surface area contributed by atoms with Crippen molar-refractivity contribution in [2.24, 2.45) is 5.41 Å². The number of carboxylic acid groups (broad SMARTS) is 1. The number of fused-ring (bicyclic) bond motifs is 1. The van der Waals surface area contributed by atoms with E-state index in [9.17, 15) is 9.90 Å². The van der Waals surface area contributed by atoms with Gasteiger partial charge in [0.1, 0.15) is 18.2 Å².